The van der Waals surface area contributed by atoms with E-state index >= 15 is 0 Å². The summed E-state index contributed by atoms with van der Waals surface area (Å²) >= 11 is 0. The van der Waals surface area contributed by atoms with Crippen molar-refractivity contribution in [1.82, 2.24) is 0 Å². The molecule has 0 aliphatic rings. The van der Waals surface area contributed by atoms with Gasteiger partial charge < -0.3 is 10.2 Å². The summed E-state index contributed by atoms with van der Waals surface area (Å²) in [4.78, 5) is 10.2. The quantitative estimate of drug-likeness (QED) is 0.734. The molecule has 0 bridgehead atoms. The summed E-state index contributed by atoms with van der Waals surface area (Å²) in [5.74, 6) is -0.912. The van der Waals surface area contributed by atoms with E-state index in [1.807, 2.05) is 0 Å². The van der Waals surface area contributed by atoms with Gasteiger partial charge in [0.15, 0.2) is 0 Å². The average Bonchev–Trinajstić information content (AvgIpc) is 2.18. The smallest absolute Gasteiger partial charge is 0.409 e. The highest BCUT2D eigenvalue weighted by Crippen LogP contribution is 2.13. The highest BCUT2D eigenvalue weighted by Gasteiger charge is 2.19. The van der Waals surface area contributed by atoms with Gasteiger partial charge in [0, 0.05) is 6.08 Å². The van der Waals surface area contributed by atoms with Crippen LogP contribution < -0.4 is 0 Å². The molecule has 2 N–H and O–H groups in total. The van der Waals surface area contributed by atoms with Crippen LogP contribution in [0, 0.1) is 0 Å². The Labute approximate surface area is 89.5 Å². The minimum absolute atomic E-state index is 0.0625. The zero-order valence-electron chi connectivity index (χ0n) is 8.03. The number of aromatic hydroxyl groups is 1. The molecular formula is C10H9F3O3. The van der Waals surface area contributed by atoms with Crippen LogP contribution in [-0.2, 0) is 0 Å². The number of benzene rings is 1. The summed E-state index contributed by atoms with van der Waals surface area (Å²) in [6.45, 7) is 2.51. The zero-order valence-corrected chi connectivity index (χ0v) is 8.03. The summed E-state index contributed by atoms with van der Waals surface area (Å²) < 4.78 is 32.0. The van der Waals surface area contributed by atoms with Gasteiger partial charge in [-0.05, 0) is 24.3 Å². The third-order valence-corrected chi connectivity index (χ3v) is 1.35. The normalized spacial score (nSPS) is 9.94. The Bertz CT molecular complexity index is 355. The fraction of sp³-hybridized carbons (Fsp3) is 0.100. The van der Waals surface area contributed by atoms with Gasteiger partial charge in [0.2, 0.25) is 0 Å². The summed E-state index contributed by atoms with van der Waals surface area (Å²) in [5.41, 5.74) is 0.179. The van der Waals surface area contributed by atoms with E-state index in [0.717, 1.165) is 0 Å². The van der Waals surface area contributed by atoms with Gasteiger partial charge in [-0.2, -0.15) is 13.2 Å². The molecule has 0 unspecified atom stereocenters. The molecule has 1 rings (SSSR count). The van der Waals surface area contributed by atoms with Crippen molar-refractivity contribution in [2.75, 3.05) is 0 Å². The van der Waals surface area contributed by atoms with E-state index in [2.05, 4.69) is 6.58 Å². The van der Waals surface area contributed by atoms with Crippen LogP contribution in [0.25, 0.3) is 0 Å². The molecule has 3 nitrogen and oxygen atoms in total. The molecule has 0 atom stereocenters. The molecule has 16 heavy (non-hydrogen) atoms. The van der Waals surface area contributed by atoms with Crippen molar-refractivity contribution in [3.63, 3.8) is 0 Å². The minimum Gasteiger partial charge on any atom is -0.508 e. The van der Waals surface area contributed by atoms with Gasteiger partial charge in [0.1, 0.15) is 5.75 Å². The number of hydrogen-bond donors (Lipinski definition) is 2. The van der Waals surface area contributed by atoms with Crippen LogP contribution in [-0.4, -0.2) is 22.4 Å². The second-order valence-electron chi connectivity index (χ2n) is 2.60. The van der Waals surface area contributed by atoms with Crippen molar-refractivity contribution in [3.05, 3.63) is 42.5 Å². The van der Waals surface area contributed by atoms with Crippen LogP contribution in [0.4, 0.5) is 13.2 Å². The van der Waals surface area contributed by atoms with E-state index in [1.54, 1.807) is 0 Å². The molecule has 0 heterocycles. The van der Waals surface area contributed by atoms with Gasteiger partial charge in [0.25, 0.3) is 0 Å². The molecule has 6 heteroatoms. The number of allylic oxidation sites excluding steroid dienone is 1. The van der Waals surface area contributed by atoms with Gasteiger partial charge in [-0.1, -0.05) is 6.58 Å². The summed E-state index contributed by atoms with van der Waals surface area (Å²) in [6, 6.07) is 5.36. The van der Waals surface area contributed by atoms with Gasteiger partial charge in [0.05, 0.1) is 5.56 Å². The molecule has 0 spiro atoms. The van der Waals surface area contributed by atoms with Crippen molar-refractivity contribution < 1.29 is 28.2 Å². The maximum absolute atomic E-state index is 10.7. The predicted molar refractivity (Wildman–Crippen MR) is 51.3 cm³/mol. The van der Waals surface area contributed by atoms with Crippen molar-refractivity contribution >= 4 is 5.97 Å². The molecule has 0 saturated carbocycles. The molecule has 88 valence electrons. The summed E-state index contributed by atoms with van der Waals surface area (Å²) in [5, 5.41) is 17.1. The number of rotatable bonds is 1. The fourth-order valence-electron chi connectivity index (χ4n) is 0.604. The first kappa shape index (κ1) is 14.0. The van der Waals surface area contributed by atoms with E-state index in [-0.39, 0.29) is 17.4 Å². The Kier molecular flexibility index (Phi) is 5.08. The van der Waals surface area contributed by atoms with Crippen molar-refractivity contribution in [2.24, 2.45) is 0 Å². The van der Waals surface area contributed by atoms with Gasteiger partial charge in [-0.25, -0.2) is 4.79 Å². The van der Waals surface area contributed by atoms with Crippen LogP contribution in [0.3, 0.4) is 0 Å². The lowest BCUT2D eigenvalue weighted by molar-refractivity contribution is -0.0795. The highest BCUT2D eigenvalue weighted by atomic mass is 19.4. The molecular weight excluding hydrogens is 225 g/mol. The van der Waals surface area contributed by atoms with E-state index in [9.17, 15) is 18.0 Å². The average molecular weight is 234 g/mol. The van der Waals surface area contributed by atoms with E-state index < -0.39 is 12.1 Å². The monoisotopic (exact) mass is 234 g/mol. The number of carbonyl (C=O) groups is 1. The number of aromatic carboxylic acids is 1. The van der Waals surface area contributed by atoms with Gasteiger partial charge >= 0.3 is 12.1 Å². The first-order valence-electron chi connectivity index (χ1n) is 3.99. The van der Waals surface area contributed by atoms with Gasteiger partial charge in [-0.3, -0.25) is 0 Å². The second-order valence-corrected chi connectivity index (χ2v) is 2.60. The number of halogens is 3. The lowest BCUT2D eigenvalue weighted by Gasteiger charge is -1.92. The second kappa shape index (κ2) is 5.79. The lowest BCUT2D eigenvalue weighted by Crippen LogP contribution is -1.98. The highest BCUT2D eigenvalue weighted by molar-refractivity contribution is 5.87. The molecule has 0 aliphatic carbocycles. The summed E-state index contributed by atoms with van der Waals surface area (Å²) in [7, 11) is 0. The molecule has 0 saturated heterocycles. The van der Waals surface area contributed by atoms with Crippen LogP contribution >= 0.6 is 0 Å². The molecule has 0 aliphatic heterocycles. The number of carboxylic acids is 1. The minimum atomic E-state index is -4.19. The molecule has 0 aromatic heterocycles. The number of alkyl halides is 3. The largest absolute Gasteiger partial charge is 0.508 e. The standard InChI is InChI=1S/C7H6O3.C3H3F3/c8-6-3-1-5(2-4-6)7(9)10;1-2-3(4,5)6/h1-4,8H,(H,9,10);2H,1H2. The van der Waals surface area contributed by atoms with Crippen molar-refractivity contribution in [2.45, 2.75) is 6.18 Å². The van der Waals surface area contributed by atoms with Crippen molar-refractivity contribution in [1.29, 1.82) is 0 Å². The maximum atomic E-state index is 10.7. The third-order valence-electron chi connectivity index (χ3n) is 1.35. The molecule has 1 aromatic carbocycles. The molecule has 0 amide bonds. The Balaban J connectivity index is 0.000000325. The van der Waals surface area contributed by atoms with Gasteiger partial charge in [-0.15, -0.1) is 0 Å². The van der Waals surface area contributed by atoms with E-state index in [4.69, 9.17) is 10.2 Å². The Morgan fingerprint density at radius 1 is 1.25 bits per heavy atom. The molecule has 1 aromatic rings. The van der Waals surface area contributed by atoms with Crippen LogP contribution in [0.1, 0.15) is 10.4 Å². The predicted octanol–water partition coefficient (Wildman–Crippen LogP) is 2.83. The first-order valence-corrected chi connectivity index (χ1v) is 3.99. The first-order chi connectivity index (χ1) is 7.26. The van der Waals surface area contributed by atoms with E-state index in [0.29, 0.717) is 0 Å². The fourth-order valence-corrected chi connectivity index (χ4v) is 0.604. The Hall–Kier alpha value is -1.98. The zero-order chi connectivity index (χ0) is 12.8. The van der Waals surface area contributed by atoms with Crippen molar-refractivity contribution in [3.8, 4) is 5.75 Å². The Morgan fingerprint density at radius 2 is 1.62 bits per heavy atom. The lowest BCUT2D eigenvalue weighted by atomic mass is 10.2. The van der Waals surface area contributed by atoms with Crippen LogP contribution in [0.2, 0.25) is 0 Å². The van der Waals surface area contributed by atoms with Crippen LogP contribution in [0.5, 0.6) is 5.75 Å². The third kappa shape index (κ3) is 6.47. The number of phenols is 1. The molecule has 0 fully saturated rings. The maximum Gasteiger partial charge on any atom is 0.409 e. The topological polar surface area (TPSA) is 57.5 Å². The number of hydrogen-bond acceptors (Lipinski definition) is 2. The Morgan fingerprint density at radius 3 is 1.88 bits per heavy atom. The molecule has 0 radical (unpaired) electrons. The SMILES string of the molecule is C=CC(F)(F)F.O=C(O)c1ccc(O)cc1. The summed E-state index contributed by atoms with van der Waals surface area (Å²) in [6.07, 6.45) is -4.26. The van der Waals surface area contributed by atoms with E-state index in [1.165, 1.54) is 24.3 Å². The number of carboxylic acid groups (broad SMARTS) is 1. The number of phenolic OH excluding ortho intramolecular Hbond substituents is 1. The van der Waals surface area contributed by atoms with Crippen LogP contribution in [0.15, 0.2) is 36.9 Å².